The summed E-state index contributed by atoms with van der Waals surface area (Å²) in [5.41, 5.74) is 2.36. The average Bonchev–Trinajstić information content (AvgIpc) is 2.79. The van der Waals surface area contributed by atoms with Gasteiger partial charge in [0.05, 0.1) is 0 Å². The zero-order valence-corrected chi connectivity index (χ0v) is 13.5. The summed E-state index contributed by atoms with van der Waals surface area (Å²) in [4.78, 5) is 2.17. The van der Waals surface area contributed by atoms with Crippen LogP contribution in [0.4, 0.5) is 0 Å². The number of hydrogen-bond donors (Lipinski definition) is 1. The molecule has 1 aromatic heterocycles. The van der Waals surface area contributed by atoms with E-state index in [2.05, 4.69) is 69.4 Å². The number of fused-ring (bicyclic) bond motifs is 3. The molecule has 1 aliphatic rings. The molecule has 0 amide bonds. The van der Waals surface area contributed by atoms with Gasteiger partial charge >= 0.3 is 0 Å². The molecule has 1 unspecified atom stereocenters. The van der Waals surface area contributed by atoms with Gasteiger partial charge in [0.1, 0.15) is 17.5 Å². The summed E-state index contributed by atoms with van der Waals surface area (Å²) in [6.45, 7) is 8.99. The zero-order chi connectivity index (χ0) is 15.2. The Morgan fingerprint density at radius 2 is 1.95 bits per heavy atom. The maximum Gasteiger partial charge on any atom is 0.149 e. The highest BCUT2D eigenvalue weighted by Gasteiger charge is 2.30. The van der Waals surface area contributed by atoms with Gasteiger partial charge in [0.25, 0.3) is 0 Å². The molecule has 3 nitrogen and oxygen atoms in total. The molecule has 2 aromatic rings. The average molecular weight is 284 g/mol. The van der Waals surface area contributed by atoms with Crippen molar-refractivity contribution in [2.24, 2.45) is 5.41 Å². The summed E-state index contributed by atoms with van der Waals surface area (Å²) in [5.74, 6) is 1.01. The lowest BCUT2D eigenvalue weighted by atomic mass is 9.87. The number of hydrogen-bond acceptors (Lipinski definition) is 3. The molecule has 1 aliphatic heterocycles. The first-order chi connectivity index (χ1) is 9.88. The molecule has 0 radical (unpaired) electrons. The van der Waals surface area contributed by atoms with E-state index in [1.54, 1.807) is 0 Å². The molecular weight excluding hydrogens is 260 g/mol. The molecule has 1 N–H and O–H groups in total. The van der Waals surface area contributed by atoms with E-state index >= 15 is 0 Å². The van der Waals surface area contributed by atoms with Gasteiger partial charge in [-0.25, -0.2) is 0 Å². The Morgan fingerprint density at radius 1 is 1.24 bits per heavy atom. The van der Waals surface area contributed by atoms with Crippen LogP contribution in [0.3, 0.4) is 0 Å². The zero-order valence-electron chi connectivity index (χ0n) is 13.5. The minimum atomic E-state index is 0.0756. The topological polar surface area (TPSA) is 28.4 Å². The largest absolute Gasteiger partial charge is 0.457 e. The second-order valence-electron chi connectivity index (χ2n) is 7.01. The van der Waals surface area contributed by atoms with Gasteiger partial charge < -0.3 is 9.32 Å². The van der Waals surface area contributed by atoms with E-state index in [-0.39, 0.29) is 11.6 Å². The van der Waals surface area contributed by atoms with Gasteiger partial charge in [0.15, 0.2) is 0 Å². The Labute approximate surface area is 126 Å². The molecule has 0 saturated heterocycles. The lowest BCUT2D eigenvalue weighted by molar-refractivity contribution is 0.173. The summed E-state index contributed by atoms with van der Waals surface area (Å²) < 4.78 is 6.13. The summed E-state index contributed by atoms with van der Waals surface area (Å²) >= 11 is 0. The van der Waals surface area contributed by atoms with E-state index in [4.69, 9.17) is 4.42 Å². The van der Waals surface area contributed by atoms with Gasteiger partial charge in [0.2, 0.25) is 0 Å². The SMILES string of the molecule is C[C@@H](NC1c2oc3ccccc3c2C=CN1C)C(C)(C)C. The molecule has 0 saturated carbocycles. The third-order valence-corrected chi connectivity index (χ3v) is 4.50. The third kappa shape index (κ3) is 2.46. The molecule has 0 spiro atoms. The predicted molar refractivity (Wildman–Crippen MR) is 87.8 cm³/mol. The Bertz CT molecular complexity index is 678. The van der Waals surface area contributed by atoms with Gasteiger partial charge in [-0.05, 0) is 24.5 Å². The van der Waals surface area contributed by atoms with E-state index in [0.717, 1.165) is 11.3 Å². The molecule has 3 rings (SSSR count). The van der Waals surface area contributed by atoms with Crippen LogP contribution in [0, 0.1) is 5.41 Å². The Balaban J connectivity index is 2.01. The van der Waals surface area contributed by atoms with Crippen molar-refractivity contribution in [2.45, 2.75) is 39.9 Å². The number of nitrogens with zero attached hydrogens (tertiary/aromatic N) is 1. The lowest BCUT2D eigenvalue weighted by Gasteiger charge is -2.36. The Kier molecular flexibility index (Phi) is 3.33. The van der Waals surface area contributed by atoms with Gasteiger partial charge in [-0.3, -0.25) is 5.32 Å². The molecule has 2 heterocycles. The van der Waals surface area contributed by atoms with E-state index in [1.165, 1.54) is 10.9 Å². The van der Waals surface area contributed by atoms with Crippen LogP contribution in [0.1, 0.15) is 45.2 Å². The first-order valence-corrected chi connectivity index (χ1v) is 7.55. The first kappa shape index (κ1) is 14.2. The van der Waals surface area contributed by atoms with Crippen molar-refractivity contribution >= 4 is 17.0 Å². The molecule has 0 aliphatic carbocycles. The molecule has 1 aromatic carbocycles. The molecule has 21 heavy (non-hydrogen) atoms. The van der Waals surface area contributed by atoms with Crippen LogP contribution in [0.2, 0.25) is 0 Å². The van der Waals surface area contributed by atoms with Crippen molar-refractivity contribution in [3.63, 3.8) is 0 Å². The standard InChI is InChI=1S/C18H24N2O/c1-12(18(2,3)4)19-17-16-14(10-11-20(17)5)13-8-6-7-9-15(13)21-16/h6-12,17,19H,1-5H3/t12-,17?/m1/s1. The maximum absolute atomic E-state index is 6.13. The fourth-order valence-corrected chi connectivity index (χ4v) is 2.60. The van der Waals surface area contributed by atoms with Crippen molar-refractivity contribution in [2.75, 3.05) is 7.05 Å². The van der Waals surface area contributed by atoms with Gasteiger partial charge in [-0.1, -0.05) is 39.0 Å². The quantitative estimate of drug-likeness (QED) is 0.887. The monoisotopic (exact) mass is 284 g/mol. The van der Waals surface area contributed by atoms with E-state index < -0.39 is 0 Å². The second-order valence-corrected chi connectivity index (χ2v) is 7.01. The van der Waals surface area contributed by atoms with Crippen LogP contribution in [-0.2, 0) is 0 Å². The summed E-state index contributed by atoms with van der Waals surface area (Å²) in [5, 5.41) is 4.89. The summed E-state index contributed by atoms with van der Waals surface area (Å²) in [6, 6.07) is 8.61. The van der Waals surface area contributed by atoms with Gasteiger partial charge in [-0.15, -0.1) is 0 Å². The number of rotatable bonds is 2. The molecule has 0 bridgehead atoms. The maximum atomic E-state index is 6.13. The Morgan fingerprint density at radius 3 is 2.67 bits per heavy atom. The number of para-hydroxylation sites is 1. The van der Waals surface area contributed by atoms with Crippen LogP contribution >= 0.6 is 0 Å². The van der Waals surface area contributed by atoms with Crippen LogP contribution in [0.15, 0.2) is 34.9 Å². The van der Waals surface area contributed by atoms with Crippen molar-refractivity contribution in [3.8, 4) is 0 Å². The van der Waals surface area contributed by atoms with Crippen LogP contribution in [0.5, 0.6) is 0 Å². The first-order valence-electron chi connectivity index (χ1n) is 7.55. The third-order valence-electron chi connectivity index (χ3n) is 4.50. The van der Waals surface area contributed by atoms with E-state index in [9.17, 15) is 0 Å². The fraction of sp³-hybridized carbons (Fsp3) is 0.444. The second kappa shape index (κ2) is 4.92. The molecular formula is C18H24N2O. The van der Waals surface area contributed by atoms with Gasteiger partial charge in [-0.2, -0.15) is 0 Å². The van der Waals surface area contributed by atoms with Crippen molar-refractivity contribution in [1.82, 2.24) is 10.2 Å². The van der Waals surface area contributed by atoms with Crippen molar-refractivity contribution in [3.05, 3.63) is 41.8 Å². The van der Waals surface area contributed by atoms with Crippen molar-refractivity contribution < 1.29 is 4.42 Å². The molecule has 3 heteroatoms. The number of benzene rings is 1. The number of furan rings is 1. The molecule has 0 fully saturated rings. The van der Waals surface area contributed by atoms with Crippen LogP contribution in [0.25, 0.3) is 17.0 Å². The van der Waals surface area contributed by atoms with Crippen molar-refractivity contribution in [1.29, 1.82) is 0 Å². The minimum Gasteiger partial charge on any atom is -0.457 e. The molecule has 2 atom stereocenters. The normalized spacial score (nSPS) is 19.9. The summed E-state index contributed by atoms with van der Waals surface area (Å²) in [7, 11) is 2.08. The van der Waals surface area contributed by atoms with E-state index in [1.807, 2.05) is 12.1 Å². The smallest absolute Gasteiger partial charge is 0.149 e. The molecule has 112 valence electrons. The van der Waals surface area contributed by atoms with E-state index in [0.29, 0.717) is 6.04 Å². The predicted octanol–water partition coefficient (Wildman–Crippen LogP) is 4.37. The van der Waals surface area contributed by atoms with Crippen LogP contribution < -0.4 is 5.32 Å². The van der Waals surface area contributed by atoms with Gasteiger partial charge in [0, 0.05) is 30.2 Å². The van der Waals surface area contributed by atoms with Crippen LogP contribution in [-0.4, -0.2) is 18.0 Å². The summed E-state index contributed by atoms with van der Waals surface area (Å²) in [6.07, 6.45) is 4.34. The number of nitrogens with one attached hydrogen (secondary N) is 1. The fourth-order valence-electron chi connectivity index (χ4n) is 2.60. The highest BCUT2D eigenvalue weighted by atomic mass is 16.3. The minimum absolute atomic E-state index is 0.0756. The lowest BCUT2D eigenvalue weighted by Crippen LogP contribution is -2.45. The highest BCUT2D eigenvalue weighted by molar-refractivity contribution is 5.89. The Hall–Kier alpha value is -1.74. The highest BCUT2D eigenvalue weighted by Crippen LogP contribution is 2.36.